The van der Waals surface area contributed by atoms with Gasteiger partial charge in [-0.05, 0) is 0 Å². The second kappa shape index (κ2) is 6.80. The average molecular weight is 205 g/mol. The maximum absolute atomic E-state index is 2.29. The van der Waals surface area contributed by atoms with Crippen molar-refractivity contribution < 1.29 is 0 Å². The van der Waals surface area contributed by atoms with Crippen molar-refractivity contribution in [3.05, 3.63) is 0 Å². The van der Waals surface area contributed by atoms with E-state index in [1.54, 1.807) is 8.87 Å². The summed E-state index contributed by atoms with van der Waals surface area (Å²) in [6.45, 7) is 4.58. The van der Waals surface area contributed by atoms with E-state index in [4.69, 9.17) is 0 Å². The summed E-state index contributed by atoms with van der Waals surface area (Å²) in [4.78, 5) is 0. The quantitative estimate of drug-likeness (QED) is 0.488. The van der Waals surface area contributed by atoms with Gasteiger partial charge in [-0.1, -0.05) is 0 Å². The van der Waals surface area contributed by atoms with Crippen molar-refractivity contribution in [3.8, 4) is 0 Å². The molecule has 7 heavy (non-hydrogen) atoms. The molecule has 2 radical (unpaired) electrons. The van der Waals surface area contributed by atoms with E-state index >= 15 is 0 Å². The van der Waals surface area contributed by atoms with Crippen LogP contribution in [0.1, 0.15) is 26.7 Å². The molecule has 0 bridgehead atoms. The van der Waals surface area contributed by atoms with Gasteiger partial charge in [-0.25, -0.2) is 0 Å². The third-order valence-electron chi connectivity index (χ3n) is 0.854. The van der Waals surface area contributed by atoms with Crippen molar-refractivity contribution in [2.75, 3.05) is 0 Å². The fourth-order valence-corrected chi connectivity index (χ4v) is 3.21. The van der Waals surface area contributed by atoms with E-state index in [2.05, 4.69) is 13.8 Å². The minimum atomic E-state index is 0.181. The molecule has 0 aliphatic heterocycles. The van der Waals surface area contributed by atoms with Gasteiger partial charge in [0.1, 0.15) is 0 Å². The van der Waals surface area contributed by atoms with Crippen LogP contribution in [0.25, 0.3) is 0 Å². The molecular formula is C6H14Sn. The number of hydrogen-bond acceptors (Lipinski definition) is 0. The Morgan fingerprint density at radius 1 is 1.00 bits per heavy atom. The van der Waals surface area contributed by atoms with Crippen molar-refractivity contribution >= 4 is 21.1 Å². The first-order valence-corrected chi connectivity index (χ1v) is 7.16. The summed E-state index contributed by atoms with van der Waals surface area (Å²) in [6.07, 6.45) is 2.87. The van der Waals surface area contributed by atoms with Crippen LogP contribution in [0.3, 0.4) is 0 Å². The molecule has 0 aromatic heterocycles. The second-order valence-corrected chi connectivity index (χ2v) is 6.03. The van der Waals surface area contributed by atoms with Gasteiger partial charge < -0.3 is 0 Å². The fraction of sp³-hybridized carbons (Fsp3) is 1.00. The topological polar surface area (TPSA) is 0 Å². The molecule has 0 rings (SSSR count). The molecule has 0 spiro atoms. The summed E-state index contributed by atoms with van der Waals surface area (Å²) in [6, 6.07) is 0. The van der Waals surface area contributed by atoms with Crippen LogP contribution in [0.2, 0.25) is 8.87 Å². The summed E-state index contributed by atoms with van der Waals surface area (Å²) >= 11 is 0.181. The first-order valence-electron chi connectivity index (χ1n) is 3.12. The van der Waals surface area contributed by atoms with Gasteiger partial charge in [0.2, 0.25) is 0 Å². The zero-order chi connectivity index (χ0) is 5.54. The van der Waals surface area contributed by atoms with Crippen LogP contribution < -0.4 is 0 Å². The zero-order valence-electron chi connectivity index (χ0n) is 5.33. The van der Waals surface area contributed by atoms with E-state index in [0.717, 1.165) is 0 Å². The molecule has 1 heteroatoms. The van der Waals surface area contributed by atoms with E-state index < -0.39 is 0 Å². The normalized spacial score (nSPS) is 9.43. The van der Waals surface area contributed by atoms with Crippen LogP contribution in [0.5, 0.6) is 0 Å². The van der Waals surface area contributed by atoms with Gasteiger partial charge in [-0.15, -0.1) is 0 Å². The Morgan fingerprint density at radius 2 is 1.43 bits per heavy atom. The molecule has 0 N–H and O–H groups in total. The second-order valence-electron chi connectivity index (χ2n) is 1.75. The minimum absolute atomic E-state index is 0.181. The molecule has 0 unspecified atom stereocenters. The first kappa shape index (κ1) is 7.80. The van der Waals surface area contributed by atoms with Crippen LogP contribution >= 0.6 is 0 Å². The van der Waals surface area contributed by atoms with E-state index in [0.29, 0.717) is 0 Å². The summed E-state index contributed by atoms with van der Waals surface area (Å²) in [5.74, 6) is 0. The van der Waals surface area contributed by atoms with Crippen molar-refractivity contribution in [3.63, 3.8) is 0 Å². The predicted molar refractivity (Wildman–Crippen MR) is 35.9 cm³/mol. The molecule has 0 atom stereocenters. The van der Waals surface area contributed by atoms with Crippen LogP contribution in [-0.4, -0.2) is 21.1 Å². The van der Waals surface area contributed by atoms with Gasteiger partial charge in [0, 0.05) is 0 Å². The third-order valence-corrected chi connectivity index (χ3v) is 5.73. The van der Waals surface area contributed by atoms with Crippen molar-refractivity contribution in [1.29, 1.82) is 0 Å². The molecule has 0 aliphatic carbocycles. The first-order chi connectivity index (χ1) is 3.41. The monoisotopic (exact) mass is 206 g/mol. The molecule has 0 aromatic rings. The summed E-state index contributed by atoms with van der Waals surface area (Å²) in [5, 5.41) is 0. The molecule has 0 nitrogen and oxygen atoms in total. The van der Waals surface area contributed by atoms with Crippen molar-refractivity contribution in [2.45, 2.75) is 35.6 Å². The molecule has 42 valence electrons. The maximum atomic E-state index is 2.29. The fourth-order valence-electron chi connectivity index (χ4n) is 0.479. The van der Waals surface area contributed by atoms with Crippen LogP contribution in [0, 0.1) is 0 Å². The van der Waals surface area contributed by atoms with Crippen LogP contribution in [0.15, 0.2) is 0 Å². The molecule has 0 saturated heterocycles. The Bertz CT molecular complexity index is 23.4. The van der Waals surface area contributed by atoms with Gasteiger partial charge >= 0.3 is 56.7 Å². The third kappa shape index (κ3) is 6.80. The SMILES string of the molecule is CC[CH2][Sn][CH2]CC. The number of hydrogen-bond donors (Lipinski definition) is 0. The van der Waals surface area contributed by atoms with E-state index in [-0.39, 0.29) is 21.1 Å². The standard InChI is InChI=1S/2C3H7.Sn/c2*1-3-2;/h2*1,3H2,2H3;. The molecule has 0 amide bonds. The molecule has 0 aliphatic rings. The van der Waals surface area contributed by atoms with Gasteiger partial charge in [-0.3, -0.25) is 0 Å². The zero-order valence-corrected chi connectivity index (χ0v) is 8.18. The Hall–Kier alpha value is 0.799. The molecule has 0 aromatic carbocycles. The van der Waals surface area contributed by atoms with Gasteiger partial charge in [0.05, 0.1) is 0 Å². The van der Waals surface area contributed by atoms with Crippen molar-refractivity contribution in [1.82, 2.24) is 0 Å². The average Bonchev–Trinajstić information content (AvgIpc) is 1.69. The predicted octanol–water partition coefficient (Wildman–Crippen LogP) is 2.35. The molecule has 0 heterocycles. The summed E-state index contributed by atoms with van der Waals surface area (Å²) in [7, 11) is 0. The molecular weight excluding hydrogens is 191 g/mol. The van der Waals surface area contributed by atoms with Crippen LogP contribution in [0.4, 0.5) is 0 Å². The van der Waals surface area contributed by atoms with Crippen LogP contribution in [-0.2, 0) is 0 Å². The van der Waals surface area contributed by atoms with Crippen molar-refractivity contribution in [2.24, 2.45) is 0 Å². The Labute approximate surface area is 56.9 Å². The van der Waals surface area contributed by atoms with E-state index in [1.165, 1.54) is 12.8 Å². The van der Waals surface area contributed by atoms with E-state index in [1.807, 2.05) is 0 Å². The summed E-state index contributed by atoms with van der Waals surface area (Å²) in [5.41, 5.74) is 0. The Kier molecular flexibility index (Phi) is 7.57. The molecule has 0 fully saturated rings. The van der Waals surface area contributed by atoms with Gasteiger partial charge in [0.15, 0.2) is 0 Å². The Morgan fingerprint density at radius 3 is 1.71 bits per heavy atom. The number of rotatable bonds is 4. The summed E-state index contributed by atoms with van der Waals surface area (Å²) < 4.78 is 3.19. The molecule has 0 saturated carbocycles. The Balaban J connectivity index is 2.45. The van der Waals surface area contributed by atoms with Gasteiger partial charge in [-0.2, -0.15) is 0 Å². The van der Waals surface area contributed by atoms with E-state index in [9.17, 15) is 0 Å². The van der Waals surface area contributed by atoms with Gasteiger partial charge in [0.25, 0.3) is 0 Å².